The van der Waals surface area contributed by atoms with Gasteiger partial charge in [0.1, 0.15) is 0 Å². The van der Waals surface area contributed by atoms with E-state index in [1.165, 1.54) is 0 Å². The van der Waals surface area contributed by atoms with Crippen LogP contribution >= 0.6 is 0 Å². The number of hydrogen-bond donors (Lipinski definition) is 1. The van der Waals surface area contributed by atoms with Crippen molar-refractivity contribution in [2.75, 3.05) is 13.2 Å². The summed E-state index contributed by atoms with van der Waals surface area (Å²) in [5.41, 5.74) is 0. The van der Waals surface area contributed by atoms with Gasteiger partial charge in [-0.2, -0.15) is 0 Å². The van der Waals surface area contributed by atoms with Gasteiger partial charge in [0.15, 0.2) is 5.79 Å². The van der Waals surface area contributed by atoms with E-state index in [1.807, 2.05) is 19.9 Å². The standard InChI is InChI=1S/C9H16O3/c1-9(2)11-7-8(12-9)5-3-4-6-10/h3-4,8,10H,5-7H2,1-2H3. The number of aliphatic hydroxyl groups excluding tert-OH is 1. The van der Waals surface area contributed by atoms with Crippen molar-refractivity contribution in [1.82, 2.24) is 0 Å². The highest BCUT2D eigenvalue weighted by atomic mass is 16.7. The minimum Gasteiger partial charge on any atom is -0.392 e. The molecule has 12 heavy (non-hydrogen) atoms. The zero-order valence-corrected chi connectivity index (χ0v) is 7.62. The second-order valence-corrected chi connectivity index (χ2v) is 3.34. The number of rotatable bonds is 3. The Morgan fingerprint density at radius 1 is 1.50 bits per heavy atom. The van der Waals surface area contributed by atoms with Crippen LogP contribution in [0.2, 0.25) is 0 Å². The van der Waals surface area contributed by atoms with Crippen LogP contribution in [0.25, 0.3) is 0 Å². The Bertz CT molecular complexity index is 163. The van der Waals surface area contributed by atoms with Gasteiger partial charge in [-0.05, 0) is 20.3 Å². The first kappa shape index (κ1) is 9.71. The topological polar surface area (TPSA) is 38.7 Å². The third-order valence-corrected chi connectivity index (χ3v) is 1.74. The maximum atomic E-state index is 8.48. The van der Waals surface area contributed by atoms with Crippen molar-refractivity contribution in [3.05, 3.63) is 12.2 Å². The Morgan fingerprint density at radius 2 is 2.25 bits per heavy atom. The number of hydrogen-bond acceptors (Lipinski definition) is 3. The quantitative estimate of drug-likeness (QED) is 0.647. The van der Waals surface area contributed by atoms with Crippen LogP contribution in [-0.4, -0.2) is 30.2 Å². The molecule has 1 heterocycles. The molecule has 0 saturated carbocycles. The molecular formula is C9H16O3. The lowest BCUT2D eigenvalue weighted by Crippen LogP contribution is -2.21. The highest BCUT2D eigenvalue weighted by Crippen LogP contribution is 2.23. The van der Waals surface area contributed by atoms with E-state index < -0.39 is 5.79 Å². The lowest BCUT2D eigenvalue weighted by molar-refractivity contribution is -0.137. The molecule has 1 unspecified atom stereocenters. The first-order valence-electron chi connectivity index (χ1n) is 4.22. The van der Waals surface area contributed by atoms with Crippen LogP contribution in [0.5, 0.6) is 0 Å². The van der Waals surface area contributed by atoms with E-state index in [1.54, 1.807) is 6.08 Å². The molecule has 3 nitrogen and oxygen atoms in total. The van der Waals surface area contributed by atoms with Crippen LogP contribution in [0.1, 0.15) is 20.3 Å². The summed E-state index contributed by atoms with van der Waals surface area (Å²) in [6, 6.07) is 0. The highest BCUT2D eigenvalue weighted by molar-refractivity contribution is 4.86. The second-order valence-electron chi connectivity index (χ2n) is 3.34. The average molecular weight is 172 g/mol. The first-order chi connectivity index (χ1) is 5.64. The predicted octanol–water partition coefficient (Wildman–Crippen LogP) is 1.08. The first-order valence-corrected chi connectivity index (χ1v) is 4.22. The van der Waals surface area contributed by atoms with Crippen LogP contribution < -0.4 is 0 Å². The van der Waals surface area contributed by atoms with Gasteiger partial charge in [0, 0.05) is 0 Å². The molecule has 1 aliphatic heterocycles. The summed E-state index contributed by atoms with van der Waals surface area (Å²) < 4.78 is 10.9. The smallest absolute Gasteiger partial charge is 0.163 e. The van der Waals surface area contributed by atoms with Crippen molar-refractivity contribution in [2.45, 2.75) is 32.2 Å². The Labute approximate surface area is 73.0 Å². The zero-order chi connectivity index (χ0) is 9.03. The summed E-state index contributed by atoms with van der Waals surface area (Å²) in [6.07, 6.45) is 4.58. The molecule has 0 radical (unpaired) electrons. The molecule has 1 N–H and O–H groups in total. The normalized spacial score (nSPS) is 28.4. The van der Waals surface area contributed by atoms with Crippen molar-refractivity contribution in [3.8, 4) is 0 Å². The third kappa shape index (κ3) is 2.93. The molecule has 0 amide bonds. The molecule has 70 valence electrons. The second kappa shape index (κ2) is 4.03. The van der Waals surface area contributed by atoms with E-state index in [9.17, 15) is 0 Å². The molecular weight excluding hydrogens is 156 g/mol. The summed E-state index contributed by atoms with van der Waals surface area (Å²) in [5.74, 6) is -0.433. The van der Waals surface area contributed by atoms with E-state index >= 15 is 0 Å². The van der Waals surface area contributed by atoms with Crippen LogP contribution in [0.15, 0.2) is 12.2 Å². The molecule has 3 heteroatoms. The molecule has 1 saturated heterocycles. The summed E-state index contributed by atoms with van der Waals surface area (Å²) in [4.78, 5) is 0. The van der Waals surface area contributed by atoms with Crippen molar-refractivity contribution >= 4 is 0 Å². The third-order valence-electron chi connectivity index (χ3n) is 1.74. The van der Waals surface area contributed by atoms with Crippen molar-refractivity contribution in [1.29, 1.82) is 0 Å². The maximum Gasteiger partial charge on any atom is 0.163 e. The molecule has 1 aliphatic rings. The molecule has 1 fully saturated rings. The minimum atomic E-state index is -0.433. The highest BCUT2D eigenvalue weighted by Gasteiger charge is 2.31. The average Bonchev–Trinajstić information content (AvgIpc) is 2.31. The lowest BCUT2D eigenvalue weighted by atomic mass is 10.2. The van der Waals surface area contributed by atoms with Crippen molar-refractivity contribution < 1.29 is 14.6 Å². The summed E-state index contributed by atoms with van der Waals surface area (Å²) >= 11 is 0. The molecule has 0 bridgehead atoms. The largest absolute Gasteiger partial charge is 0.392 e. The molecule has 0 aromatic carbocycles. The van der Waals surface area contributed by atoms with Gasteiger partial charge >= 0.3 is 0 Å². The van der Waals surface area contributed by atoms with Crippen molar-refractivity contribution in [3.63, 3.8) is 0 Å². The van der Waals surface area contributed by atoms with E-state index in [-0.39, 0.29) is 12.7 Å². The van der Waals surface area contributed by atoms with Crippen LogP contribution in [0, 0.1) is 0 Å². The number of ether oxygens (including phenoxy) is 2. The van der Waals surface area contributed by atoms with Gasteiger partial charge in [0.05, 0.1) is 19.3 Å². The monoisotopic (exact) mass is 172 g/mol. The zero-order valence-electron chi connectivity index (χ0n) is 7.62. The van der Waals surface area contributed by atoms with Gasteiger partial charge in [0.2, 0.25) is 0 Å². The summed E-state index contributed by atoms with van der Waals surface area (Å²) in [5, 5.41) is 8.48. The van der Waals surface area contributed by atoms with E-state index in [0.717, 1.165) is 6.42 Å². The van der Waals surface area contributed by atoms with Gasteiger partial charge in [-0.3, -0.25) is 0 Å². The van der Waals surface area contributed by atoms with Gasteiger partial charge in [-0.1, -0.05) is 12.2 Å². The Hall–Kier alpha value is -0.380. The number of aliphatic hydroxyl groups is 1. The van der Waals surface area contributed by atoms with E-state index in [2.05, 4.69) is 0 Å². The van der Waals surface area contributed by atoms with Crippen LogP contribution in [0.3, 0.4) is 0 Å². The van der Waals surface area contributed by atoms with Gasteiger partial charge in [-0.25, -0.2) is 0 Å². The fourth-order valence-electron chi connectivity index (χ4n) is 1.20. The summed E-state index contributed by atoms with van der Waals surface area (Å²) in [6.45, 7) is 4.55. The summed E-state index contributed by atoms with van der Waals surface area (Å²) in [7, 11) is 0. The SMILES string of the molecule is CC1(C)OCC(CC=CCO)O1. The molecule has 1 atom stereocenters. The fourth-order valence-corrected chi connectivity index (χ4v) is 1.20. The van der Waals surface area contributed by atoms with Gasteiger partial charge in [0.25, 0.3) is 0 Å². The molecule has 1 rings (SSSR count). The van der Waals surface area contributed by atoms with Gasteiger partial charge in [-0.15, -0.1) is 0 Å². The van der Waals surface area contributed by atoms with Crippen molar-refractivity contribution in [2.24, 2.45) is 0 Å². The van der Waals surface area contributed by atoms with Crippen LogP contribution in [-0.2, 0) is 9.47 Å². The van der Waals surface area contributed by atoms with E-state index in [4.69, 9.17) is 14.6 Å². The fraction of sp³-hybridized carbons (Fsp3) is 0.778. The molecule has 0 spiro atoms. The van der Waals surface area contributed by atoms with E-state index in [0.29, 0.717) is 6.61 Å². The maximum absolute atomic E-state index is 8.48. The van der Waals surface area contributed by atoms with Crippen LogP contribution in [0.4, 0.5) is 0 Å². The molecule has 0 aromatic heterocycles. The minimum absolute atomic E-state index is 0.0942. The van der Waals surface area contributed by atoms with Gasteiger partial charge < -0.3 is 14.6 Å². The Kier molecular flexibility index (Phi) is 3.26. The lowest BCUT2D eigenvalue weighted by Gasteiger charge is -2.16. The molecule has 0 aliphatic carbocycles. The Morgan fingerprint density at radius 3 is 2.75 bits per heavy atom. The molecule has 0 aromatic rings. The Balaban J connectivity index is 2.24. The predicted molar refractivity (Wildman–Crippen MR) is 45.7 cm³/mol.